The van der Waals surface area contributed by atoms with Gasteiger partial charge in [-0.2, -0.15) is 5.10 Å². The van der Waals surface area contributed by atoms with Gasteiger partial charge in [0.05, 0.1) is 5.69 Å². The first-order valence-electron chi connectivity index (χ1n) is 10.7. The van der Waals surface area contributed by atoms with Gasteiger partial charge < -0.3 is 5.32 Å². The predicted molar refractivity (Wildman–Crippen MR) is 130 cm³/mol. The molecule has 0 aliphatic heterocycles. The molecule has 0 unspecified atom stereocenters. The molecule has 7 nitrogen and oxygen atoms in total. The maximum absolute atomic E-state index is 11.7. The summed E-state index contributed by atoms with van der Waals surface area (Å²) in [6, 6.07) is 14.1. The molecule has 162 valence electrons. The first kappa shape index (κ1) is 20.5. The monoisotopic (exact) mass is 434 g/mol. The Morgan fingerprint density at radius 3 is 2.70 bits per heavy atom. The van der Waals surface area contributed by atoms with E-state index in [9.17, 15) is 4.79 Å². The Bertz CT molecular complexity index is 1390. The van der Waals surface area contributed by atoms with E-state index < -0.39 is 0 Å². The molecule has 4 aromatic rings. The van der Waals surface area contributed by atoms with Gasteiger partial charge in [0.15, 0.2) is 0 Å². The number of pyridine rings is 2. The van der Waals surface area contributed by atoms with Crippen LogP contribution in [0, 0.1) is 0 Å². The molecule has 5 rings (SSSR count). The standard InChI is InChI=1S/C26H22N6O/c1-3-25(33)30-24-15-20(10-13-29-24)32-16-22(26(31-32)17-8-11-28-12-9-17)19-4-6-21-18(14-19)5-7-23(21)27-2/h3-4,6,8-16H,1,5,7H2,2H3,(H,29,30,33)/b27-23+. The second kappa shape index (κ2) is 8.63. The third kappa shape index (κ3) is 3.96. The van der Waals surface area contributed by atoms with Crippen LogP contribution in [0.4, 0.5) is 5.82 Å². The van der Waals surface area contributed by atoms with Crippen LogP contribution in [0.2, 0.25) is 0 Å². The zero-order valence-electron chi connectivity index (χ0n) is 18.2. The van der Waals surface area contributed by atoms with E-state index in [1.54, 1.807) is 24.7 Å². The largest absolute Gasteiger partial charge is 0.307 e. The van der Waals surface area contributed by atoms with Gasteiger partial charge in [0.25, 0.3) is 0 Å². The third-order valence-corrected chi connectivity index (χ3v) is 5.74. The second-order valence-electron chi connectivity index (χ2n) is 7.71. The van der Waals surface area contributed by atoms with E-state index in [2.05, 4.69) is 45.1 Å². The van der Waals surface area contributed by atoms with Gasteiger partial charge in [0.1, 0.15) is 11.5 Å². The molecule has 1 aliphatic rings. The number of nitrogens with zero attached hydrogens (tertiary/aromatic N) is 5. The van der Waals surface area contributed by atoms with Gasteiger partial charge in [0, 0.05) is 54.7 Å². The second-order valence-corrected chi connectivity index (χ2v) is 7.71. The normalized spacial score (nSPS) is 13.7. The Hall–Kier alpha value is -4.39. The molecular weight excluding hydrogens is 412 g/mol. The van der Waals surface area contributed by atoms with Crippen molar-refractivity contribution >= 4 is 17.4 Å². The molecule has 1 amide bonds. The summed E-state index contributed by atoms with van der Waals surface area (Å²) < 4.78 is 1.81. The fraction of sp³-hybridized carbons (Fsp3) is 0.115. The number of nitrogens with one attached hydrogen (secondary N) is 1. The molecule has 3 aromatic heterocycles. The number of hydrogen-bond donors (Lipinski definition) is 1. The molecule has 3 heterocycles. The minimum Gasteiger partial charge on any atom is -0.307 e. The van der Waals surface area contributed by atoms with Crippen molar-refractivity contribution in [2.24, 2.45) is 4.99 Å². The van der Waals surface area contributed by atoms with Crippen LogP contribution in [0.15, 0.2) is 84.9 Å². The quantitative estimate of drug-likeness (QED) is 0.469. The molecule has 1 aromatic carbocycles. The highest BCUT2D eigenvalue weighted by Crippen LogP contribution is 2.35. The fourth-order valence-corrected chi connectivity index (χ4v) is 4.12. The predicted octanol–water partition coefficient (Wildman–Crippen LogP) is 4.49. The van der Waals surface area contributed by atoms with Crippen molar-refractivity contribution in [2.45, 2.75) is 12.8 Å². The van der Waals surface area contributed by atoms with Crippen LogP contribution in [0.25, 0.3) is 28.1 Å². The van der Waals surface area contributed by atoms with Crippen LogP contribution >= 0.6 is 0 Å². The highest BCUT2D eigenvalue weighted by Gasteiger charge is 2.20. The van der Waals surface area contributed by atoms with Crippen LogP contribution in [0.3, 0.4) is 0 Å². The molecule has 0 saturated heterocycles. The summed E-state index contributed by atoms with van der Waals surface area (Å²) in [6.07, 6.45) is 10.4. The number of carbonyl (C=O) groups is 1. The van der Waals surface area contributed by atoms with Gasteiger partial charge >= 0.3 is 0 Å². The van der Waals surface area contributed by atoms with Crippen LogP contribution in [0.5, 0.6) is 0 Å². The lowest BCUT2D eigenvalue weighted by Gasteiger charge is -2.06. The number of aromatic nitrogens is 4. The van der Waals surface area contributed by atoms with E-state index in [1.807, 2.05) is 36.1 Å². The zero-order chi connectivity index (χ0) is 22.8. The lowest BCUT2D eigenvalue weighted by molar-refractivity contribution is -0.111. The van der Waals surface area contributed by atoms with Gasteiger partial charge in [-0.15, -0.1) is 0 Å². The first-order chi connectivity index (χ1) is 16.2. The molecule has 1 N–H and O–H groups in total. The number of amides is 1. The summed E-state index contributed by atoms with van der Waals surface area (Å²) in [5.74, 6) is 0.121. The van der Waals surface area contributed by atoms with E-state index in [0.717, 1.165) is 46.6 Å². The Kier molecular flexibility index (Phi) is 5.36. The molecule has 0 spiro atoms. The molecule has 1 aliphatic carbocycles. The average molecular weight is 435 g/mol. The van der Waals surface area contributed by atoms with Crippen molar-refractivity contribution in [1.29, 1.82) is 0 Å². The van der Waals surface area contributed by atoms with Gasteiger partial charge in [-0.05, 0) is 53.8 Å². The lowest BCUT2D eigenvalue weighted by atomic mass is 9.98. The summed E-state index contributed by atoms with van der Waals surface area (Å²) in [7, 11) is 1.85. The van der Waals surface area contributed by atoms with E-state index >= 15 is 0 Å². The number of aliphatic imine (C=N–C) groups is 1. The molecule has 33 heavy (non-hydrogen) atoms. The van der Waals surface area contributed by atoms with Crippen molar-refractivity contribution in [3.8, 4) is 28.1 Å². The average Bonchev–Trinajstić information content (AvgIpc) is 3.49. The fourth-order valence-electron chi connectivity index (χ4n) is 4.12. The molecule has 0 bridgehead atoms. The Morgan fingerprint density at radius 2 is 1.91 bits per heavy atom. The van der Waals surface area contributed by atoms with E-state index in [0.29, 0.717) is 5.82 Å². The van der Waals surface area contributed by atoms with Gasteiger partial charge in [-0.3, -0.25) is 14.8 Å². The maximum Gasteiger partial charge on any atom is 0.248 e. The Morgan fingerprint density at radius 1 is 1.06 bits per heavy atom. The van der Waals surface area contributed by atoms with Crippen LogP contribution in [-0.4, -0.2) is 38.4 Å². The van der Waals surface area contributed by atoms with Crippen LogP contribution < -0.4 is 5.32 Å². The SMILES string of the molecule is C=CC(=O)Nc1cc(-n2cc(-c3ccc4c(c3)CC/C4=N\C)c(-c3ccncc3)n2)ccn1. The Balaban J connectivity index is 1.61. The number of aryl methyl sites for hydroxylation is 1. The van der Waals surface area contributed by atoms with Crippen molar-refractivity contribution in [1.82, 2.24) is 19.7 Å². The van der Waals surface area contributed by atoms with E-state index in [-0.39, 0.29) is 5.91 Å². The Labute approximate surface area is 191 Å². The number of rotatable bonds is 5. The third-order valence-electron chi connectivity index (χ3n) is 5.74. The lowest BCUT2D eigenvalue weighted by Crippen LogP contribution is -2.09. The topological polar surface area (TPSA) is 85.1 Å². The minimum atomic E-state index is -0.314. The molecule has 7 heteroatoms. The molecular formula is C26H22N6O. The van der Waals surface area contributed by atoms with Gasteiger partial charge in [0.2, 0.25) is 5.91 Å². The van der Waals surface area contributed by atoms with Crippen LogP contribution in [-0.2, 0) is 11.2 Å². The summed E-state index contributed by atoms with van der Waals surface area (Å²) in [5, 5.41) is 7.59. The van der Waals surface area contributed by atoms with Crippen molar-refractivity contribution in [3.05, 3.63) is 91.0 Å². The summed E-state index contributed by atoms with van der Waals surface area (Å²) >= 11 is 0. The molecule has 0 atom stereocenters. The number of anilines is 1. The smallest absolute Gasteiger partial charge is 0.248 e. The van der Waals surface area contributed by atoms with Crippen molar-refractivity contribution in [3.63, 3.8) is 0 Å². The first-order valence-corrected chi connectivity index (χ1v) is 10.7. The summed E-state index contributed by atoms with van der Waals surface area (Å²) in [4.78, 5) is 24.5. The van der Waals surface area contributed by atoms with Crippen molar-refractivity contribution < 1.29 is 4.79 Å². The number of carbonyl (C=O) groups excluding carboxylic acids is 1. The van der Waals surface area contributed by atoms with Gasteiger partial charge in [-0.25, -0.2) is 9.67 Å². The molecule has 0 fully saturated rings. The molecule has 0 saturated carbocycles. The summed E-state index contributed by atoms with van der Waals surface area (Å²) in [5.41, 5.74) is 8.42. The minimum absolute atomic E-state index is 0.314. The van der Waals surface area contributed by atoms with Gasteiger partial charge in [-0.1, -0.05) is 24.8 Å². The van der Waals surface area contributed by atoms with E-state index in [1.165, 1.54) is 17.2 Å². The highest BCUT2D eigenvalue weighted by molar-refractivity contribution is 6.05. The zero-order valence-corrected chi connectivity index (χ0v) is 18.2. The number of benzene rings is 1. The van der Waals surface area contributed by atoms with Crippen LogP contribution in [0.1, 0.15) is 17.5 Å². The number of hydrogen-bond acceptors (Lipinski definition) is 5. The number of fused-ring (bicyclic) bond motifs is 1. The highest BCUT2D eigenvalue weighted by atomic mass is 16.1. The van der Waals surface area contributed by atoms with E-state index in [4.69, 9.17) is 5.10 Å². The molecule has 0 radical (unpaired) electrons. The van der Waals surface area contributed by atoms with Crippen molar-refractivity contribution in [2.75, 3.05) is 12.4 Å². The maximum atomic E-state index is 11.7. The summed E-state index contributed by atoms with van der Waals surface area (Å²) in [6.45, 7) is 3.48.